The van der Waals surface area contributed by atoms with Gasteiger partial charge in [-0.15, -0.1) is 0 Å². The highest BCUT2D eigenvalue weighted by Gasteiger charge is 2.24. The van der Waals surface area contributed by atoms with E-state index in [4.69, 9.17) is 5.11 Å². The standard InChI is InChI=1S/C7H5FO3/c8-4-1-2-6(9)5(3-4)7(10)11/h1-3,5H,(H,10,11). The first-order valence-corrected chi connectivity index (χ1v) is 2.93. The van der Waals surface area contributed by atoms with Crippen LogP contribution in [-0.2, 0) is 9.59 Å². The minimum Gasteiger partial charge on any atom is -0.480 e. The first-order valence-electron chi connectivity index (χ1n) is 2.93. The third-order valence-electron chi connectivity index (χ3n) is 1.31. The van der Waals surface area contributed by atoms with Crippen LogP contribution in [0, 0.1) is 5.92 Å². The van der Waals surface area contributed by atoms with Gasteiger partial charge in [-0.25, -0.2) is 4.39 Å². The maximum atomic E-state index is 12.3. The van der Waals surface area contributed by atoms with Crippen LogP contribution in [0.1, 0.15) is 0 Å². The van der Waals surface area contributed by atoms with Crippen LogP contribution in [0.2, 0.25) is 0 Å². The molecular weight excluding hydrogens is 151 g/mol. The molecule has 0 aromatic carbocycles. The largest absolute Gasteiger partial charge is 0.480 e. The fourth-order valence-electron chi connectivity index (χ4n) is 0.755. The van der Waals surface area contributed by atoms with Gasteiger partial charge < -0.3 is 5.11 Å². The summed E-state index contributed by atoms with van der Waals surface area (Å²) in [4.78, 5) is 20.9. The second kappa shape index (κ2) is 2.65. The number of carbonyl (C=O) groups excluding carboxylic acids is 1. The number of carboxylic acids is 1. The molecule has 1 aliphatic carbocycles. The van der Waals surface area contributed by atoms with Crippen LogP contribution in [0.4, 0.5) is 4.39 Å². The molecule has 0 aliphatic heterocycles. The zero-order valence-corrected chi connectivity index (χ0v) is 5.45. The van der Waals surface area contributed by atoms with E-state index in [0.29, 0.717) is 0 Å². The van der Waals surface area contributed by atoms with Gasteiger partial charge in [0.15, 0.2) is 5.78 Å². The molecule has 3 nitrogen and oxygen atoms in total. The Morgan fingerprint density at radius 2 is 2.18 bits per heavy atom. The molecule has 1 aliphatic rings. The van der Waals surface area contributed by atoms with Gasteiger partial charge in [-0.3, -0.25) is 9.59 Å². The zero-order valence-electron chi connectivity index (χ0n) is 5.45. The molecule has 4 heteroatoms. The Labute approximate surface area is 61.8 Å². The van der Waals surface area contributed by atoms with Crippen LogP contribution < -0.4 is 0 Å². The van der Waals surface area contributed by atoms with E-state index in [0.717, 1.165) is 18.2 Å². The highest BCUT2D eigenvalue weighted by Crippen LogP contribution is 2.14. The first-order chi connectivity index (χ1) is 5.11. The molecule has 1 atom stereocenters. The highest BCUT2D eigenvalue weighted by atomic mass is 19.1. The average Bonchev–Trinajstić information content (AvgIpc) is 1.94. The topological polar surface area (TPSA) is 54.4 Å². The van der Waals surface area contributed by atoms with Gasteiger partial charge in [0.1, 0.15) is 11.7 Å². The summed E-state index contributed by atoms with van der Waals surface area (Å²) in [6.07, 6.45) is 2.65. The lowest BCUT2D eigenvalue weighted by Crippen LogP contribution is -2.21. The van der Waals surface area contributed by atoms with Gasteiger partial charge in [0, 0.05) is 0 Å². The van der Waals surface area contributed by atoms with Crippen molar-refractivity contribution in [3.63, 3.8) is 0 Å². The third-order valence-corrected chi connectivity index (χ3v) is 1.31. The highest BCUT2D eigenvalue weighted by molar-refractivity contribution is 6.07. The van der Waals surface area contributed by atoms with Crippen molar-refractivity contribution >= 4 is 11.8 Å². The quantitative estimate of drug-likeness (QED) is 0.568. The molecule has 1 unspecified atom stereocenters. The first kappa shape index (κ1) is 7.65. The lowest BCUT2D eigenvalue weighted by atomic mass is 9.99. The molecule has 0 saturated heterocycles. The summed E-state index contributed by atoms with van der Waals surface area (Å²) in [5, 5.41) is 8.36. The second-order valence-corrected chi connectivity index (χ2v) is 2.10. The number of carboxylic acid groups (broad SMARTS) is 1. The zero-order chi connectivity index (χ0) is 8.43. The van der Waals surface area contributed by atoms with Crippen molar-refractivity contribution < 1.29 is 19.1 Å². The maximum Gasteiger partial charge on any atom is 0.318 e. The SMILES string of the molecule is O=C(O)C1C=C(F)C=CC1=O. The molecule has 0 heterocycles. The van der Waals surface area contributed by atoms with E-state index >= 15 is 0 Å². The van der Waals surface area contributed by atoms with E-state index in [1.54, 1.807) is 0 Å². The molecule has 0 aromatic rings. The van der Waals surface area contributed by atoms with Crippen molar-refractivity contribution in [3.05, 3.63) is 24.1 Å². The van der Waals surface area contributed by atoms with Gasteiger partial charge >= 0.3 is 5.97 Å². The molecule has 0 aromatic heterocycles. The summed E-state index contributed by atoms with van der Waals surface area (Å²) in [6, 6.07) is 0. The van der Waals surface area contributed by atoms with Crippen molar-refractivity contribution in [1.82, 2.24) is 0 Å². The summed E-state index contributed by atoms with van der Waals surface area (Å²) in [7, 11) is 0. The van der Waals surface area contributed by atoms with Crippen LogP contribution >= 0.6 is 0 Å². The molecule has 0 fully saturated rings. The Morgan fingerprint density at radius 3 is 2.64 bits per heavy atom. The number of aliphatic carboxylic acids is 1. The van der Waals surface area contributed by atoms with Gasteiger partial charge in [-0.1, -0.05) is 0 Å². The van der Waals surface area contributed by atoms with Gasteiger partial charge in [-0.2, -0.15) is 0 Å². The van der Waals surface area contributed by atoms with E-state index in [1.165, 1.54) is 0 Å². The molecule has 0 saturated carbocycles. The lowest BCUT2D eigenvalue weighted by molar-refractivity contribution is -0.143. The molecule has 11 heavy (non-hydrogen) atoms. The summed E-state index contributed by atoms with van der Waals surface area (Å²) >= 11 is 0. The van der Waals surface area contributed by atoms with E-state index in [1.807, 2.05) is 0 Å². The normalized spacial score (nSPS) is 23.2. The fraction of sp³-hybridized carbons (Fsp3) is 0.143. The molecule has 1 N–H and O–H groups in total. The molecule has 0 radical (unpaired) electrons. The van der Waals surface area contributed by atoms with Crippen LogP contribution in [0.15, 0.2) is 24.1 Å². The second-order valence-electron chi connectivity index (χ2n) is 2.10. The third kappa shape index (κ3) is 1.52. The predicted molar refractivity (Wildman–Crippen MR) is 34.5 cm³/mol. The molecule has 58 valence electrons. The lowest BCUT2D eigenvalue weighted by Gasteiger charge is -2.05. The van der Waals surface area contributed by atoms with Crippen molar-refractivity contribution in [3.8, 4) is 0 Å². The van der Waals surface area contributed by atoms with E-state index in [2.05, 4.69) is 0 Å². The van der Waals surface area contributed by atoms with Crippen LogP contribution in [0.5, 0.6) is 0 Å². The monoisotopic (exact) mass is 156 g/mol. The number of ketones is 1. The van der Waals surface area contributed by atoms with Gasteiger partial charge in [0.25, 0.3) is 0 Å². The number of hydrogen-bond acceptors (Lipinski definition) is 2. The molecular formula is C7H5FO3. The van der Waals surface area contributed by atoms with Crippen molar-refractivity contribution in [2.24, 2.45) is 5.92 Å². The summed E-state index contributed by atoms with van der Waals surface area (Å²) in [5.74, 6) is -3.95. The van der Waals surface area contributed by atoms with Crippen molar-refractivity contribution in [1.29, 1.82) is 0 Å². The summed E-state index contributed by atoms with van der Waals surface area (Å²) in [5.41, 5.74) is 0. The predicted octanol–water partition coefficient (Wildman–Crippen LogP) is 0.679. The molecule has 0 bridgehead atoms. The van der Waals surface area contributed by atoms with Crippen LogP contribution in [0.3, 0.4) is 0 Å². The summed E-state index contributed by atoms with van der Waals surface area (Å²) in [6.45, 7) is 0. The Balaban J connectivity index is 2.90. The van der Waals surface area contributed by atoms with E-state index < -0.39 is 23.5 Å². The molecule has 0 amide bonds. The Hall–Kier alpha value is -1.45. The molecule has 1 rings (SSSR count). The van der Waals surface area contributed by atoms with Gasteiger partial charge in [0.05, 0.1) is 0 Å². The van der Waals surface area contributed by atoms with E-state index in [9.17, 15) is 14.0 Å². The van der Waals surface area contributed by atoms with Crippen molar-refractivity contribution in [2.45, 2.75) is 0 Å². The van der Waals surface area contributed by atoms with Crippen LogP contribution in [-0.4, -0.2) is 16.9 Å². The Morgan fingerprint density at radius 1 is 1.55 bits per heavy atom. The molecule has 0 spiro atoms. The Kier molecular flexibility index (Phi) is 1.85. The van der Waals surface area contributed by atoms with Gasteiger partial charge in [-0.05, 0) is 18.2 Å². The average molecular weight is 156 g/mol. The fourth-order valence-corrected chi connectivity index (χ4v) is 0.755. The van der Waals surface area contributed by atoms with Crippen LogP contribution in [0.25, 0.3) is 0 Å². The number of carbonyl (C=O) groups is 2. The number of allylic oxidation sites excluding steroid dienone is 3. The summed E-state index contributed by atoms with van der Waals surface area (Å²) < 4.78 is 12.3. The van der Waals surface area contributed by atoms with E-state index in [-0.39, 0.29) is 0 Å². The minimum absolute atomic E-state index is 0.598. The van der Waals surface area contributed by atoms with Crippen molar-refractivity contribution in [2.75, 3.05) is 0 Å². The Bertz CT molecular complexity index is 265. The number of halogens is 1. The number of rotatable bonds is 1. The number of hydrogen-bond donors (Lipinski definition) is 1. The minimum atomic E-state index is -1.35. The smallest absolute Gasteiger partial charge is 0.318 e. The van der Waals surface area contributed by atoms with Gasteiger partial charge in [0.2, 0.25) is 0 Å². The maximum absolute atomic E-state index is 12.3.